The van der Waals surface area contributed by atoms with Crippen LogP contribution in [0.25, 0.3) is 5.69 Å². The zero-order valence-electron chi connectivity index (χ0n) is 13.9. The Bertz CT molecular complexity index is 672. The molecule has 2 aromatic rings. The predicted molar refractivity (Wildman–Crippen MR) is 91.0 cm³/mol. The number of nitrogens with one attached hydrogen (secondary N) is 1. The molecule has 0 saturated heterocycles. The molecule has 1 N–H and O–H groups in total. The van der Waals surface area contributed by atoms with Gasteiger partial charge in [0, 0.05) is 13.2 Å². The molecule has 1 atom stereocenters. The van der Waals surface area contributed by atoms with Gasteiger partial charge in [0.15, 0.2) is 5.16 Å². The van der Waals surface area contributed by atoms with E-state index in [4.69, 9.17) is 4.74 Å². The summed E-state index contributed by atoms with van der Waals surface area (Å²) in [6.45, 7) is 6.35. The van der Waals surface area contributed by atoms with Crippen molar-refractivity contribution in [1.29, 1.82) is 0 Å². The van der Waals surface area contributed by atoms with Crippen LogP contribution < -0.4 is 5.32 Å². The van der Waals surface area contributed by atoms with Gasteiger partial charge in [0.1, 0.15) is 5.82 Å². The molecular weight excluding hydrogens is 312 g/mol. The third-order valence-electron chi connectivity index (χ3n) is 3.31. The number of aromatic nitrogens is 3. The molecule has 6 nitrogen and oxygen atoms in total. The van der Waals surface area contributed by atoms with Gasteiger partial charge in [-0.05, 0) is 32.4 Å². The van der Waals surface area contributed by atoms with Crippen LogP contribution in [0.3, 0.4) is 0 Å². The standard InChI is InChI=1S/C16H22N4O2S/c1-11-7-5-6-8-14(11)20-13(3)18-19-16(20)23-10-15(21)17-12(2)9-22-4/h5-8,12H,9-10H2,1-4H3,(H,17,21). The number of methoxy groups -OCH3 is 1. The molecule has 0 aliphatic heterocycles. The van der Waals surface area contributed by atoms with E-state index >= 15 is 0 Å². The molecule has 0 radical (unpaired) electrons. The number of ether oxygens (including phenoxy) is 1. The van der Waals surface area contributed by atoms with Gasteiger partial charge in [-0.25, -0.2) is 0 Å². The summed E-state index contributed by atoms with van der Waals surface area (Å²) < 4.78 is 6.99. The first-order chi connectivity index (χ1) is 11.0. The third-order valence-corrected chi connectivity index (χ3v) is 4.24. The van der Waals surface area contributed by atoms with E-state index in [-0.39, 0.29) is 17.7 Å². The molecule has 0 bridgehead atoms. The number of hydrogen-bond acceptors (Lipinski definition) is 5. The van der Waals surface area contributed by atoms with Gasteiger partial charge < -0.3 is 10.1 Å². The molecule has 124 valence electrons. The fraction of sp³-hybridized carbons (Fsp3) is 0.438. The highest BCUT2D eigenvalue weighted by atomic mass is 32.2. The number of benzene rings is 1. The van der Waals surface area contributed by atoms with E-state index in [1.807, 2.05) is 49.6 Å². The normalized spacial score (nSPS) is 12.2. The molecule has 1 unspecified atom stereocenters. The van der Waals surface area contributed by atoms with Gasteiger partial charge in [0.05, 0.1) is 18.0 Å². The Balaban J connectivity index is 2.08. The molecule has 0 spiro atoms. The fourth-order valence-electron chi connectivity index (χ4n) is 2.27. The quantitative estimate of drug-likeness (QED) is 0.786. The molecular formula is C16H22N4O2S. The van der Waals surface area contributed by atoms with Crippen LogP contribution in [0.4, 0.5) is 0 Å². The molecule has 0 fully saturated rings. The van der Waals surface area contributed by atoms with Crippen molar-refractivity contribution in [3.05, 3.63) is 35.7 Å². The van der Waals surface area contributed by atoms with Gasteiger partial charge >= 0.3 is 0 Å². The van der Waals surface area contributed by atoms with Crippen molar-refractivity contribution in [2.45, 2.75) is 32.0 Å². The van der Waals surface area contributed by atoms with Crippen molar-refractivity contribution in [2.75, 3.05) is 19.5 Å². The van der Waals surface area contributed by atoms with Crippen LogP contribution in [0, 0.1) is 13.8 Å². The van der Waals surface area contributed by atoms with Crippen molar-refractivity contribution >= 4 is 17.7 Å². The minimum absolute atomic E-state index is 0.0101. The lowest BCUT2D eigenvalue weighted by molar-refractivity contribution is -0.119. The maximum atomic E-state index is 12.0. The van der Waals surface area contributed by atoms with Gasteiger partial charge in [-0.2, -0.15) is 0 Å². The molecule has 7 heteroatoms. The minimum Gasteiger partial charge on any atom is -0.383 e. The fourth-order valence-corrected chi connectivity index (χ4v) is 3.07. The minimum atomic E-state index is -0.0449. The number of hydrogen-bond donors (Lipinski definition) is 1. The van der Waals surface area contributed by atoms with Crippen molar-refractivity contribution < 1.29 is 9.53 Å². The van der Waals surface area contributed by atoms with Gasteiger partial charge in [-0.1, -0.05) is 30.0 Å². The summed E-state index contributed by atoms with van der Waals surface area (Å²) >= 11 is 1.38. The van der Waals surface area contributed by atoms with Crippen LogP contribution in [0.2, 0.25) is 0 Å². The highest BCUT2D eigenvalue weighted by molar-refractivity contribution is 7.99. The molecule has 0 aliphatic rings. The number of aryl methyl sites for hydroxylation is 2. The highest BCUT2D eigenvalue weighted by Crippen LogP contribution is 2.23. The zero-order valence-corrected chi connectivity index (χ0v) is 14.7. The first-order valence-electron chi connectivity index (χ1n) is 7.42. The second-order valence-electron chi connectivity index (χ2n) is 5.36. The first-order valence-corrected chi connectivity index (χ1v) is 8.40. The summed E-state index contributed by atoms with van der Waals surface area (Å²) in [5.41, 5.74) is 2.17. The van der Waals surface area contributed by atoms with Gasteiger partial charge in [0.25, 0.3) is 0 Å². The van der Waals surface area contributed by atoms with Crippen molar-refractivity contribution in [3.63, 3.8) is 0 Å². The van der Waals surface area contributed by atoms with Gasteiger partial charge in [-0.15, -0.1) is 10.2 Å². The van der Waals surface area contributed by atoms with E-state index < -0.39 is 0 Å². The monoisotopic (exact) mass is 334 g/mol. The van der Waals surface area contributed by atoms with Crippen LogP contribution >= 0.6 is 11.8 Å². The topological polar surface area (TPSA) is 69.0 Å². The SMILES string of the molecule is COCC(C)NC(=O)CSc1nnc(C)n1-c1ccccc1C. The lowest BCUT2D eigenvalue weighted by atomic mass is 10.2. The number of rotatable bonds is 7. The summed E-state index contributed by atoms with van der Waals surface area (Å²) in [6, 6.07) is 8.04. The average molecular weight is 334 g/mol. The molecule has 23 heavy (non-hydrogen) atoms. The average Bonchev–Trinajstić information content (AvgIpc) is 2.87. The summed E-state index contributed by atoms with van der Waals surface area (Å²) in [6.07, 6.45) is 0. The second-order valence-corrected chi connectivity index (χ2v) is 6.31. The van der Waals surface area contributed by atoms with E-state index in [9.17, 15) is 4.79 Å². The van der Waals surface area contributed by atoms with E-state index in [0.29, 0.717) is 11.8 Å². The Hall–Kier alpha value is -1.86. The number of nitrogens with zero attached hydrogens (tertiary/aromatic N) is 3. The second kappa shape index (κ2) is 8.12. The number of amides is 1. The van der Waals surface area contributed by atoms with Crippen molar-refractivity contribution in [1.82, 2.24) is 20.1 Å². The molecule has 1 aromatic carbocycles. The Morgan fingerprint density at radius 2 is 2.09 bits per heavy atom. The Labute approximate surface area is 140 Å². The molecule has 1 heterocycles. The van der Waals surface area contributed by atoms with Gasteiger partial charge in [-0.3, -0.25) is 9.36 Å². The zero-order chi connectivity index (χ0) is 16.8. The van der Waals surface area contributed by atoms with Crippen LogP contribution in [0.5, 0.6) is 0 Å². The molecule has 0 aliphatic carbocycles. The largest absolute Gasteiger partial charge is 0.383 e. The van der Waals surface area contributed by atoms with Crippen LogP contribution in [-0.2, 0) is 9.53 Å². The smallest absolute Gasteiger partial charge is 0.230 e. The van der Waals surface area contributed by atoms with Gasteiger partial charge in [0.2, 0.25) is 5.91 Å². The third kappa shape index (κ3) is 4.56. The Kier molecular flexibility index (Phi) is 6.18. The molecule has 1 amide bonds. The summed E-state index contributed by atoms with van der Waals surface area (Å²) in [7, 11) is 1.62. The first kappa shape index (κ1) is 17.5. The van der Waals surface area contributed by atoms with E-state index in [1.165, 1.54) is 11.8 Å². The Morgan fingerprint density at radius 3 is 2.78 bits per heavy atom. The van der Waals surface area contributed by atoms with Crippen molar-refractivity contribution in [2.24, 2.45) is 0 Å². The maximum absolute atomic E-state index is 12.0. The van der Waals surface area contributed by atoms with E-state index in [2.05, 4.69) is 15.5 Å². The number of thioether (sulfide) groups is 1. The number of carbonyl (C=O) groups is 1. The Morgan fingerprint density at radius 1 is 1.35 bits per heavy atom. The molecule has 2 rings (SSSR count). The van der Waals surface area contributed by atoms with E-state index in [1.54, 1.807) is 7.11 Å². The van der Waals surface area contributed by atoms with Crippen LogP contribution in [-0.4, -0.2) is 46.2 Å². The summed E-state index contributed by atoms with van der Waals surface area (Å²) in [5, 5.41) is 11.9. The summed E-state index contributed by atoms with van der Waals surface area (Å²) in [4.78, 5) is 12.0. The predicted octanol–water partition coefficient (Wildman–Crippen LogP) is 2.13. The maximum Gasteiger partial charge on any atom is 0.230 e. The highest BCUT2D eigenvalue weighted by Gasteiger charge is 2.15. The number of carbonyl (C=O) groups excluding carboxylic acids is 1. The summed E-state index contributed by atoms with van der Waals surface area (Å²) in [5.74, 6) is 1.05. The lowest BCUT2D eigenvalue weighted by Gasteiger charge is -2.13. The van der Waals surface area contributed by atoms with Crippen LogP contribution in [0.1, 0.15) is 18.3 Å². The lowest BCUT2D eigenvalue weighted by Crippen LogP contribution is -2.36. The van der Waals surface area contributed by atoms with Crippen LogP contribution in [0.15, 0.2) is 29.4 Å². The number of para-hydroxylation sites is 1. The molecule has 1 aromatic heterocycles. The van der Waals surface area contributed by atoms with Crippen molar-refractivity contribution in [3.8, 4) is 5.69 Å². The van der Waals surface area contributed by atoms with E-state index in [0.717, 1.165) is 17.1 Å². The molecule has 0 saturated carbocycles.